The number of alkyl halides is 2. The van der Waals surface area contributed by atoms with Crippen LogP contribution in [0, 0.1) is 0 Å². The first kappa shape index (κ1) is 13.7. The fraction of sp³-hybridized carbons (Fsp3) is 0.500. The van der Waals surface area contributed by atoms with Crippen LogP contribution in [0.2, 0.25) is 0 Å². The summed E-state index contributed by atoms with van der Waals surface area (Å²) in [7, 11) is 0. The summed E-state index contributed by atoms with van der Waals surface area (Å²) in [5, 5.41) is 4.99. The largest absolute Gasteiger partial charge is 0.365 e. The molecular weight excluding hydrogens is 248 g/mol. The Bertz CT molecular complexity index is 391. The van der Waals surface area contributed by atoms with Crippen LogP contribution in [-0.2, 0) is 4.79 Å². The molecule has 1 rings (SSSR count). The highest BCUT2D eigenvalue weighted by Crippen LogP contribution is 2.35. The SMILES string of the molecule is C=C=C1SC(C(F)F)CCN1/N=C(\C)C(N)=O. The van der Waals surface area contributed by atoms with Crippen molar-refractivity contribution in [2.24, 2.45) is 10.8 Å². The van der Waals surface area contributed by atoms with E-state index in [-0.39, 0.29) is 12.1 Å². The third kappa shape index (κ3) is 3.57. The standard InChI is InChI=1S/C10H13F2N3OS/c1-3-8-15(14-6(2)10(13)16)5-4-7(17-8)9(11)12/h7,9H,1,4-5H2,2H3,(H2,13,16)/b14-6+. The Morgan fingerprint density at radius 2 is 2.41 bits per heavy atom. The topological polar surface area (TPSA) is 58.7 Å². The third-order valence-corrected chi connectivity index (χ3v) is 3.50. The first-order valence-electron chi connectivity index (χ1n) is 4.93. The summed E-state index contributed by atoms with van der Waals surface area (Å²) in [5.74, 6) is -0.644. The number of hydrogen-bond donors (Lipinski definition) is 1. The van der Waals surface area contributed by atoms with Gasteiger partial charge in [-0.3, -0.25) is 9.80 Å². The number of rotatable bonds is 3. The lowest BCUT2D eigenvalue weighted by atomic mass is 10.3. The molecule has 0 aliphatic carbocycles. The molecule has 2 N–H and O–H groups in total. The maximum Gasteiger partial charge on any atom is 0.264 e. The molecule has 17 heavy (non-hydrogen) atoms. The molecule has 1 aliphatic heterocycles. The van der Waals surface area contributed by atoms with Gasteiger partial charge in [-0.25, -0.2) is 8.78 Å². The Morgan fingerprint density at radius 1 is 1.76 bits per heavy atom. The van der Waals surface area contributed by atoms with Crippen molar-refractivity contribution in [2.75, 3.05) is 6.54 Å². The molecule has 1 aliphatic rings. The van der Waals surface area contributed by atoms with Gasteiger partial charge in [-0.15, -0.1) is 0 Å². The average Bonchev–Trinajstić information content (AvgIpc) is 2.28. The highest BCUT2D eigenvalue weighted by molar-refractivity contribution is 8.03. The molecule has 0 aromatic carbocycles. The molecule has 1 unspecified atom stereocenters. The maximum atomic E-state index is 12.5. The van der Waals surface area contributed by atoms with E-state index in [4.69, 9.17) is 5.73 Å². The minimum absolute atomic E-state index is 0.119. The monoisotopic (exact) mass is 261 g/mol. The van der Waals surface area contributed by atoms with E-state index < -0.39 is 17.6 Å². The zero-order valence-electron chi connectivity index (χ0n) is 9.32. The first-order valence-corrected chi connectivity index (χ1v) is 5.81. The van der Waals surface area contributed by atoms with E-state index in [2.05, 4.69) is 17.4 Å². The van der Waals surface area contributed by atoms with Crippen molar-refractivity contribution in [3.05, 3.63) is 17.3 Å². The van der Waals surface area contributed by atoms with Gasteiger partial charge in [0.2, 0.25) is 0 Å². The van der Waals surface area contributed by atoms with Crippen molar-refractivity contribution in [2.45, 2.75) is 25.0 Å². The molecular formula is C10H13F2N3OS. The molecule has 0 spiro atoms. The lowest BCUT2D eigenvalue weighted by Gasteiger charge is -2.30. The number of amides is 1. The van der Waals surface area contributed by atoms with Crippen LogP contribution in [0.1, 0.15) is 13.3 Å². The maximum absolute atomic E-state index is 12.5. The fourth-order valence-electron chi connectivity index (χ4n) is 1.25. The van der Waals surface area contributed by atoms with Crippen molar-refractivity contribution in [3.63, 3.8) is 0 Å². The molecule has 0 bridgehead atoms. The van der Waals surface area contributed by atoms with E-state index in [1.165, 1.54) is 11.9 Å². The van der Waals surface area contributed by atoms with Crippen LogP contribution in [0.5, 0.6) is 0 Å². The minimum atomic E-state index is -2.40. The molecule has 0 aromatic rings. The third-order valence-electron chi connectivity index (χ3n) is 2.18. The Labute approximate surface area is 102 Å². The van der Waals surface area contributed by atoms with E-state index in [9.17, 15) is 13.6 Å². The zero-order valence-corrected chi connectivity index (χ0v) is 10.1. The second-order valence-electron chi connectivity index (χ2n) is 3.43. The molecule has 94 valence electrons. The molecule has 4 nitrogen and oxygen atoms in total. The number of carbonyl (C=O) groups excluding carboxylic acids is 1. The molecule has 1 fully saturated rings. The summed E-state index contributed by atoms with van der Waals surface area (Å²) >= 11 is 0.961. The predicted octanol–water partition coefficient (Wildman–Crippen LogP) is 1.55. The van der Waals surface area contributed by atoms with E-state index in [1.807, 2.05) is 0 Å². The number of hydrazone groups is 1. The number of primary amides is 1. The van der Waals surface area contributed by atoms with Gasteiger partial charge in [-0.05, 0) is 13.3 Å². The predicted molar refractivity (Wildman–Crippen MR) is 63.7 cm³/mol. The van der Waals surface area contributed by atoms with Gasteiger partial charge in [0.05, 0.1) is 5.25 Å². The Balaban J connectivity index is 2.81. The molecule has 1 amide bonds. The number of hydrogen-bond acceptors (Lipinski definition) is 4. The lowest BCUT2D eigenvalue weighted by molar-refractivity contribution is -0.112. The van der Waals surface area contributed by atoms with Gasteiger partial charge in [0, 0.05) is 6.54 Å². The van der Waals surface area contributed by atoms with Gasteiger partial charge >= 0.3 is 0 Å². The summed E-state index contributed by atoms with van der Waals surface area (Å²) in [6.07, 6.45) is -2.12. The molecule has 0 aromatic heterocycles. The van der Waals surface area contributed by atoms with Crippen LogP contribution in [0.4, 0.5) is 8.78 Å². The van der Waals surface area contributed by atoms with Gasteiger partial charge in [0.15, 0.2) is 0 Å². The van der Waals surface area contributed by atoms with Crippen molar-refractivity contribution in [3.8, 4) is 0 Å². The van der Waals surface area contributed by atoms with Gasteiger partial charge in [-0.2, -0.15) is 5.10 Å². The normalized spacial score (nSPS) is 21.6. The van der Waals surface area contributed by atoms with E-state index >= 15 is 0 Å². The number of carbonyl (C=O) groups is 1. The summed E-state index contributed by atoms with van der Waals surface area (Å²) in [6, 6.07) is 0. The summed E-state index contributed by atoms with van der Waals surface area (Å²) in [5.41, 5.74) is 7.71. The molecule has 0 saturated carbocycles. The van der Waals surface area contributed by atoms with Gasteiger partial charge in [-0.1, -0.05) is 24.1 Å². The summed E-state index contributed by atoms with van der Waals surface area (Å²) in [4.78, 5) is 10.8. The highest BCUT2D eigenvalue weighted by Gasteiger charge is 2.30. The van der Waals surface area contributed by atoms with Crippen molar-refractivity contribution in [1.82, 2.24) is 5.01 Å². The van der Waals surface area contributed by atoms with Gasteiger partial charge in [0.1, 0.15) is 10.7 Å². The number of halogens is 2. The van der Waals surface area contributed by atoms with Gasteiger partial charge in [0.25, 0.3) is 12.3 Å². The second kappa shape index (κ2) is 5.84. The minimum Gasteiger partial charge on any atom is -0.365 e. The fourth-order valence-corrected chi connectivity index (χ4v) is 2.20. The second-order valence-corrected chi connectivity index (χ2v) is 4.66. The average molecular weight is 261 g/mol. The van der Waals surface area contributed by atoms with Crippen molar-refractivity contribution >= 4 is 23.4 Å². The molecule has 1 saturated heterocycles. The molecule has 7 heteroatoms. The van der Waals surface area contributed by atoms with E-state index in [0.29, 0.717) is 11.6 Å². The van der Waals surface area contributed by atoms with E-state index in [0.717, 1.165) is 11.8 Å². The van der Waals surface area contributed by atoms with Crippen LogP contribution in [0.15, 0.2) is 22.4 Å². The Kier molecular flexibility index (Phi) is 4.72. The summed E-state index contributed by atoms with van der Waals surface area (Å²) < 4.78 is 25.1. The van der Waals surface area contributed by atoms with Crippen LogP contribution >= 0.6 is 11.8 Å². The van der Waals surface area contributed by atoms with Crippen molar-refractivity contribution in [1.29, 1.82) is 0 Å². The summed E-state index contributed by atoms with van der Waals surface area (Å²) in [6.45, 7) is 5.19. The molecule has 0 radical (unpaired) electrons. The Hall–Kier alpha value is -1.33. The van der Waals surface area contributed by atoms with Gasteiger partial charge < -0.3 is 5.73 Å². The lowest BCUT2D eigenvalue weighted by Crippen LogP contribution is -2.32. The highest BCUT2D eigenvalue weighted by atomic mass is 32.2. The van der Waals surface area contributed by atoms with Crippen molar-refractivity contribution < 1.29 is 13.6 Å². The number of thioether (sulfide) groups is 1. The number of nitrogens with two attached hydrogens (primary N) is 1. The quantitative estimate of drug-likeness (QED) is 0.619. The van der Waals surface area contributed by atoms with Crippen LogP contribution in [0.25, 0.3) is 0 Å². The number of nitrogens with zero attached hydrogens (tertiary/aromatic N) is 2. The van der Waals surface area contributed by atoms with E-state index in [1.54, 1.807) is 0 Å². The van der Waals surface area contributed by atoms with Crippen LogP contribution in [-0.4, -0.2) is 34.8 Å². The Morgan fingerprint density at radius 3 is 2.88 bits per heavy atom. The molecule has 1 heterocycles. The first-order chi connectivity index (χ1) is 7.95. The zero-order chi connectivity index (χ0) is 13.0. The van der Waals surface area contributed by atoms with Crippen LogP contribution in [0.3, 0.4) is 0 Å². The van der Waals surface area contributed by atoms with Crippen LogP contribution < -0.4 is 5.73 Å². The molecule has 1 atom stereocenters. The smallest absolute Gasteiger partial charge is 0.264 e.